The standard InChI is InChI=1S/C18H32N2O4/c1-10-7-13(4)23-15(10)17(21)19-9-12(3)20(6)18(22)16-11(2)8-14(5)24-16/h10-16H,7-9H2,1-6H3,(H,19,21)/t10-,11-,12-,13+,14+,15+,16+/m0/s1. The van der Waals surface area contributed by atoms with Gasteiger partial charge in [0.25, 0.3) is 5.91 Å². The summed E-state index contributed by atoms with van der Waals surface area (Å²) in [5.74, 6) is 0.362. The number of likely N-dealkylation sites (N-methyl/N-ethyl adjacent to an activating group) is 1. The summed E-state index contributed by atoms with van der Waals surface area (Å²) in [7, 11) is 1.77. The zero-order valence-electron chi connectivity index (χ0n) is 15.7. The van der Waals surface area contributed by atoms with Crippen molar-refractivity contribution in [2.45, 2.75) is 77.9 Å². The first kappa shape index (κ1) is 19.2. The number of hydrogen-bond donors (Lipinski definition) is 1. The normalized spacial score (nSPS) is 37.2. The van der Waals surface area contributed by atoms with Crippen molar-refractivity contribution in [3.63, 3.8) is 0 Å². The second kappa shape index (κ2) is 7.83. The van der Waals surface area contributed by atoms with Crippen LogP contribution < -0.4 is 5.32 Å². The summed E-state index contributed by atoms with van der Waals surface area (Å²) in [6.07, 6.45) is 1.31. The van der Waals surface area contributed by atoms with Gasteiger partial charge in [-0.25, -0.2) is 0 Å². The highest BCUT2D eigenvalue weighted by Crippen LogP contribution is 2.27. The van der Waals surface area contributed by atoms with Gasteiger partial charge < -0.3 is 19.7 Å². The summed E-state index contributed by atoms with van der Waals surface area (Å²) in [6, 6.07) is -0.0951. The number of rotatable bonds is 5. The zero-order valence-corrected chi connectivity index (χ0v) is 15.7. The third-order valence-electron chi connectivity index (χ3n) is 5.28. The average Bonchev–Trinajstić information content (AvgIpc) is 3.03. The molecule has 1 N–H and O–H groups in total. The molecule has 0 bridgehead atoms. The van der Waals surface area contributed by atoms with Gasteiger partial charge in [0.05, 0.1) is 12.2 Å². The quantitative estimate of drug-likeness (QED) is 0.825. The van der Waals surface area contributed by atoms with E-state index >= 15 is 0 Å². The molecule has 2 rings (SSSR count). The Morgan fingerprint density at radius 1 is 1.04 bits per heavy atom. The predicted octanol–water partition coefficient (Wildman–Crippen LogP) is 1.58. The van der Waals surface area contributed by atoms with Gasteiger partial charge in [0.1, 0.15) is 12.2 Å². The molecule has 24 heavy (non-hydrogen) atoms. The fraction of sp³-hybridized carbons (Fsp3) is 0.889. The lowest BCUT2D eigenvalue weighted by Crippen LogP contribution is -2.49. The molecule has 2 fully saturated rings. The molecule has 0 unspecified atom stereocenters. The summed E-state index contributed by atoms with van der Waals surface area (Å²) in [6.45, 7) is 10.4. The van der Waals surface area contributed by atoms with Gasteiger partial charge in [-0.2, -0.15) is 0 Å². The molecule has 0 saturated carbocycles. The van der Waals surface area contributed by atoms with E-state index in [-0.39, 0.29) is 54.1 Å². The van der Waals surface area contributed by atoms with Crippen molar-refractivity contribution in [2.75, 3.05) is 13.6 Å². The number of amides is 2. The van der Waals surface area contributed by atoms with Gasteiger partial charge in [-0.05, 0) is 45.4 Å². The van der Waals surface area contributed by atoms with Gasteiger partial charge in [-0.1, -0.05) is 13.8 Å². The van der Waals surface area contributed by atoms with Crippen molar-refractivity contribution in [3.05, 3.63) is 0 Å². The van der Waals surface area contributed by atoms with Crippen LogP contribution >= 0.6 is 0 Å². The van der Waals surface area contributed by atoms with Gasteiger partial charge in [0, 0.05) is 19.6 Å². The van der Waals surface area contributed by atoms with Crippen LogP contribution in [-0.4, -0.2) is 60.8 Å². The Bertz CT molecular complexity index is 470. The molecule has 7 atom stereocenters. The van der Waals surface area contributed by atoms with Crippen LogP contribution in [0.15, 0.2) is 0 Å². The first-order valence-corrected chi connectivity index (χ1v) is 9.06. The van der Waals surface area contributed by atoms with Crippen molar-refractivity contribution in [1.29, 1.82) is 0 Å². The molecule has 2 aliphatic rings. The van der Waals surface area contributed by atoms with E-state index in [1.54, 1.807) is 11.9 Å². The molecule has 0 aliphatic carbocycles. The fourth-order valence-electron chi connectivity index (χ4n) is 3.70. The third-order valence-corrected chi connectivity index (χ3v) is 5.28. The minimum absolute atomic E-state index is 0.00675. The zero-order chi connectivity index (χ0) is 18.0. The minimum atomic E-state index is -0.382. The molecule has 2 heterocycles. The molecule has 2 aliphatic heterocycles. The van der Waals surface area contributed by atoms with E-state index in [4.69, 9.17) is 9.47 Å². The minimum Gasteiger partial charge on any atom is -0.365 e. The lowest BCUT2D eigenvalue weighted by molar-refractivity contribution is -0.145. The van der Waals surface area contributed by atoms with E-state index in [1.807, 2.05) is 34.6 Å². The van der Waals surface area contributed by atoms with E-state index in [2.05, 4.69) is 5.32 Å². The summed E-state index contributed by atoms with van der Waals surface area (Å²) in [5, 5.41) is 2.92. The van der Waals surface area contributed by atoms with Gasteiger partial charge >= 0.3 is 0 Å². The molecule has 0 aromatic carbocycles. The monoisotopic (exact) mass is 340 g/mol. The van der Waals surface area contributed by atoms with Gasteiger partial charge in [0.2, 0.25) is 5.91 Å². The SMILES string of the molecule is C[C@@H]1C[C@H](C)[C@H](C(=O)NC[C@H](C)N(C)C(=O)[C@@H]2O[C@H](C)C[C@@H]2C)O1. The summed E-state index contributed by atoms with van der Waals surface area (Å²) >= 11 is 0. The highest BCUT2D eigenvalue weighted by atomic mass is 16.5. The van der Waals surface area contributed by atoms with E-state index in [9.17, 15) is 9.59 Å². The Hall–Kier alpha value is -1.14. The molecular weight excluding hydrogens is 308 g/mol. The lowest BCUT2D eigenvalue weighted by atomic mass is 10.0. The number of carbonyl (C=O) groups excluding carboxylic acids is 2. The van der Waals surface area contributed by atoms with E-state index in [0.29, 0.717) is 6.54 Å². The Labute approximate surface area is 145 Å². The molecule has 138 valence electrons. The van der Waals surface area contributed by atoms with Crippen LogP contribution in [0.1, 0.15) is 47.5 Å². The summed E-state index contributed by atoms with van der Waals surface area (Å²) in [4.78, 5) is 26.6. The summed E-state index contributed by atoms with van der Waals surface area (Å²) in [5.41, 5.74) is 0. The second-order valence-electron chi connectivity index (χ2n) is 7.70. The highest BCUT2D eigenvalue weighted by Gasteiger charge is 2.38. The van der Waals surface area contributed by atoms with Crippen LogP contribution in [0.4, 0.5) is 0 Å². The van der Waals surface area contributed by atoms with Crippen molar-refractivity contribution in [2.24, 2.45) is 11.8 Å². The van der Waals surface area contributed by atoms with E-state index in [1.165, 1.54) is 0 Å². The van der Waals surface area contributed by atoms with Crippen LogP contribution in [0.5, 0.6) is 0 Å². The molecule has 2 amide bonds. The third kappa shape index (κ3) is 4.28. The van der Waals surface area contributed by atoms with Crippen LogP contribution in [-0.2, 0) is 19.1 Å². The topological polar surface area (TPSA) is 67.9 Å². The largest absolute Gasteiger partial charge is 0.365 e. The Morgan fingerprint density at radius 3 is 2.00 bits per heavy atom. The maximum absolute atomic E-state index is 12.6. The molecule has 0 spiro atoms. The molecule has 2 saturated heterocycles. The van der Waals surface area contributed by atoms with Crippen molar-refractivity contribution < 1.29 is 19.1 Å². The van der Waals surface area contributed by atoms with Crippen LogP contribution in [0, 0.1) is 11.8 Å². The average molecular weight is 340 g/mol. The number of nitrogens with zero attached hydrogens (tertiary/aromatic N) is 1. The number of carbonyl (C=O) groups is 2. The molecular formula is C18H32N2O4. The first-order valence-electron chi connectivity index (χ1n) is 9.06. The Kier molecular flexibility index (Phi) is 6.26. The van der Waals surface area contributed by atoms with Gasteiger partial charge in [-0.3, -0.25) is 9.59 Å². The maximum atomic E-state index is 12.6. The second-order valence-corrected chi connectivity index (χ2v) is 7.70. The van der Waals surface area contributed by atoms with Crippen LogP contribution in [0.25, 0.3) is 0 Å². The Morgan fingerprint density at radius 2 is 1.54 bits per heavy atom. The predicted molar refractivity (Wildman–Crippen MR) is 91.5 cm³/mol. The number of nitrogens with one attached hydrogen (secondary N) is 1. The Balaban J connectivity index is 1.82. The lowest BCUT2D eigenvalue weighted by Gasteiger charge is -2.29. The van der Waals surface area contributed by atoms with Crippen molar-refractivity contribution in [1.82, 2.24) is 10.2 Å². The molecule has 6 heteroatoms. The highest BCUT2D eigenvalue weighted by molar-refractivity contribution is 5.82. The van der Waals surface area contributed by atoms with Gasteiger partial charge in [0.15, 0.2) is 0 Å². The van der Waals surface area contributed by atoms with Gasteiger partial charge in [-0.15, -0.1) is 0 Å². The number of ether oxygens (including phenoxy) is 2. The molecule has 0 aromatic heterocycles. The van der Waals surface area contributed by atoms with Crippen molar-refractivity contribution in [3.8, 4) is 0 Å². The maximum Gasteiger partial charge on any atom is 0.252 e. The summed E-state index contributed by atoms with van der Waals surface area (Å²) < 4.78 is 11.4. The number of hydrogen-bond acceptors (Lipinski definition) is 4. The fourth-order valence-corrected chi connectivity index (χ4v) is 3.70. The molecule has 0 aromatic rings. The van der Waals surface area contributed by atoms with E-state index < -0.39 is 0 Å². The molecule has 6 nitrogen and oxygen atoms in total. The smallest absolute Gasteiger partial charge is 0.252 e. The molecule has 0 radical (unpaired) electrons. The first-order chi connectivity index (χ1) is 11.2. The van der Waals surface area contributed by atoms with Crippen LogP contribution in [0.2, 0.25) is 0 Å². The van der Waals surface area contributed by atoms with Crippen LogP contribution in [0.3, 0.4) is 0 Å². The van der Waals surface area contributed by atoms with Crippen molar-refractivity contribution >= 4 is 11.8 Å². The van der Waals surface area contributed by atoms with E-state index in [0.717, 1.165) is 12.8 Å².